The maximum absolute atomic E-state index is 12.0. The Morgan fingerprint density at radius 1 is 1.26 bits per heavy atom. The molecule has 0 radical (unpaired) electrons. The Balaban J connectivity index is 2.68. The van der Waals surface area contributed by atoms with Crippen LogP contribution in [-0.4, -0.2) is 30.9 Å². The minimum absolute atomic E-state index is 0.378. The first-order chi connectivity index (χ1) is 11.0. The molecule has 0 fully saturated rings. The molecule has 0 aliphatic carbocycles. The summed E-state index contributed by atoms with van der Waals surface area (Å²) in [6.07, 6.45) is 1.51. The van der Waals surface area contributed by atoms with E-state index in [1.54, 1.807) is 18.9 Å². The number of rotatable bonds is 5. The number of aryl methyl sites for hydroxylation is 1. The van der Waals surface area contributed by atoms with Crippen LogP contribution in [0.4, 0.5) is 0 Å². The van der Waals surface area contributed by atoms with E-state index < -0.39 is 5.97 Å². The summed E-state index contributed by atoms with van der Waals surface area (Å²) >= 11 is 8.02. The van der Waals surface area contributed by atoms with Crippen LogP contribution in [0.2, 0.25) is 5.02 Å². The fourth-order valence-electron chi connectivity index (χ4n) is 2.24. The van der Waals surface area contributed by atoms with E-state index in [1.807, 2.05) is 25.1 Å². The summed E-state index contributed by atoms with van der Waals surface area (Å²) in [6.45, 7) is 3.92. The first-order valence-electron chi connectivity index (χ1n) is 7.07. The second-order valence-electron chi connectivity index (χ2n) is 4.78. The Morgan fingerprint density at radius 3 is 2.61 bits per heavy atom. The lowest BCUT2D eigenvalue weighted by Crippen LogP contribution is -2.05. The minimum Gasteiger partial charge on any atom is -0.496 e. The first kappa shape index (κ1) is 17.6. The summed E-state index contributed by atoms with van der Waals surface area (Å²) in [5.41, 5.74) is 2.60. The number of aromatic nitrogens is 1. The lowest BCUT2D eigenvalue weighted by atomic mass is 9.99. The summed E-state index contributed by atoms with van der Waals surface area (Å²) in [5, 5.41) is 0.623. The number of hydrogen-bond donors (Lipinski definition) is 0. The largest absolute Gasteiger partial charge is 0.496 e. The van der Waals surface area contributed by atoms with Gasteiger partial charge in [-0.25, -0.2) is 4.79 Å². The molecule has 0 saturated carbocycles. The quantitative estimate of drug-likeness (QED) is 0.581. The number of thioether (sulfide) groups is 1. The molecule has 4 nitrogen and oxygen atoms in total. The number of carbonyl (C=O) groups excluding carboxylic acids is 1. The van der Waals surface area contributed by atoms with E-state index in [-0.39, 0.29) is 0 Å². The summed E-state index contributed by atoms with van der Waals surface area (Å²) in [4.78, 5) is 17.2. The smallest absolute Gasteiger partial charge is 0.340 e. The predicted molar refractivity (Wildman–Crippen MR) is 93.7 cm³/mol. The monoisotopic (exact) mass is 351 g/mol. The lowest BCUT2D eigenvalue weighted by Gasteiger charge is -2.15. The Hall–Kier alpha value is -1.72. The van der Waals surface area contributed by atoms with E-state index in [4.69, 9.17) is 21.1 Å². The molecule has 1 aromatic heterocycles. The number of hydrogen-bond acceptors (Lipinski definition) is 5. The maximum atomic E-state index is 12.0. The van der Waals surface area contributed by atoms with Crippen molar-refractivity contribution in [1.29, 1.82) is 0 Å². The van der Waals surface area contributed by atoms with Crippen molar-refractivity contribution in [2.75, 3.05) is 20.0 Å². The third-order valence-electron chi connectivity index (χ3n) is 3.29. The van der Waals surface area contributed by atoms with Crippen LogP contribution in [0.15, 0.2) is 29.3 Å². The Labute approximate surface area is 145 Å². The normalized spacial score (nSPS) is 10.5. The van der Waals surface area contributed by atoms with Crippen molar-refractivity contribution in [3.05, 3.63) is 40.7 Å². The second kappa shape index (κ2) is 7.70. The van der Waals surface area contributed by atoms with Gasteiger partial charge in [0.05, 0.1) is 24.8 Å². The molecular formula is C17H18ClNO3S. The van der Waals surface area contributed by atoms with E-state index in [9.17, 15) is 4.79 Å². The number of carbonyl (C=O) groups is 1. The number of pyridine rings is 1. The average molecular weight is 352 g/mol. The van der Waals surface area contributed by atoms with Crippen molar-refractivity contribution in [2.45, 2.75) is 18.7 Å². The molecular weight excluding hydrogens is 334 g/mol. The highest BCUT2D eigenvalue weighted by Gasteiger charge is 2.19. The van der Waals surface area contributed by atoms with Crippen molar-refractivity contribution in [2.24, 2.45) is 0 Å². The van der Waals surface area contributed by atoms with E-state index in [2.05, 4.69) is 11.9 Å². The van der Waals surface area contributed by atoms with Gasteiger partial charge in [0, 0.05) is 27.9 Å². The van der Waals surface area contributed by atoms with Crippen molar-refractivity contribution in [3.63, 3.8) is 0 Å². The highest BCUT2D eigenvalue weighted by Crippen LogP contribution is 2.40. The average Bonchev–Trinajstić information content (AvgIpc) is 2.55. The number of benzene rings is 1. The van der Waals surface area contributed by atoms with Gasteiger partial charge < -0.3 is 9.47 Å². The van der Waals surface area contributed by atoms with Gasteiger partial charge in [-0.05, 0) is 30.9 Å². The highest BCUT2D eigenvalue weighted by atomic mass is 35.5. The summed E-state index contributed by atoms with van der Waals surface area (Å²) in [5.74, 6) is 1.11. The van der Waals surface area contributed by atoms with Gasteiger partial charge in [-0.3, -0.25) is 4.98 Å². The molecule has 2 rings (SSSR count). The van der Waals surface area contributed by atoms with Crippen LogP contribution >= 0.6 is 23.4 Å². The minimum atomic E-state index is -0.447. The molecule has 0 aliphatic heterocycles. The number of esters is 1. The molecule has 1 aromatic carbocycles. The van der Waals surface area contributed by atoms with Gasteiger partial charge in [0.2, 0.25) is 0 Å². The molecule has 2 aromatic rings. The third-order valence-corrected chi connectivity index (χ3v) is 4.65. The lowest BCUT2D eigenvalue weighted by molar-refractivity contribution is 0.0601. The van der Waals surface area contributed by atoms with Gasteiger partial charge in [0.1, 0.15) is 5.75 Å². The molecule has 0 N–H and O–H groups in total. The van der Waals surface area contributed by atoms with Gasteiger partial charge in [-0.15, -0.1) is 11.8 Å². The van der Waals surface area contributed by atoms with Crippen molar-refractivity contribution >= 4 is 29.3 Å². The van der Waals surface area contributed by atoms with Crippen molar-refractivity contribution in [3.8, 4) is 16.9 Å². The number of methoxy groups -OCH3 is 2. The molecule has 122 valence electrons. The topological polar surface area (TPSA) is 48.4 Å². The molecule has 6 heteroatoms. The molecule has 23 heavy (non-hydrogen) atoms. The van der Waals surface area contributed by atoms with E-state index in [1.165, 1.54) is 13.3 Å². The molecule has 0 spiro atoms. The fraction of sp³-hybridized carbons (Fsp3) is 0.294. The summed E-state index contributed by atoms with van der Waals surface area (Å²) < 4.78 is 10.4. The molecule has 0 aliphatic rings. The number of halogens is 1. The van der Waals surface area contributed by atoms with E-state index >= 15 is 0 Å². The summed E-state index contributed by atoms with van der Waals surface area (Å²) in [6, 6.07) is 5.54. The Bertz CT molecular complexity index is 734. The molecule has 0 amide bonds. The highest BCUT2D eigenvalue weighted by molar-refractivity contribution is 7.99. The second-order valence-corrected chi connectivity index (χ2v) is 6.49. The molecule has 1 heterocycles. The van der Waals surface area contributed by atoms with Crippen molar-refractivity contribution < 1.29 is 14.3 Å². The van der Waals surface area contributed by atoms with Crippen LogP contribution in [0.3, 0.4) is 0 Å². The third kappa shape index (κ3) is 3.79. The summed E-state index contributed by atoms with van der Waals surface area (Å²) in [7, 11) is 2.94. The zero-order valence-electron chi connectivity index (χ0n) is 13.5. The van der Waals surface area contributed by atoms with Crippen LogP contribution in [0.5, 0.6) is 5.75 Å². The predicted octanol–water partition coefficient (Wildman–Crippen LogP) is 4.62. The van der Waals surface area contributed by atoms with Crippen LogP contribution in [-0.2, 0) is 4.74 Å². The van der Waals surface area contributed by atoms with Gasteiger partial charge in [0.15, 0.2) is 0 Å². The van der Waals surface area contributed by atoms with Crippen LogP contribution in [0.25, 0.3) is 11.1 Å². The van der Waals surface area contributed by atoms with Gasteiger partial charge in [0.25, 0.3) is 0 Å². The fourth-order valence-corrected chi connectivity index (χ4v) is 3.26. The standard InChI is InChI=1S/C17H18ClNO3S/c1-5-23-16-8-15(21-3)12(7-14(16)18)11-6-10(2)19-9-13(11)17(20)22-4/h6-9H,5H2,1-4H3. The molecule has 0 unspecified atom stereocenters. The molecule has 0 bridgehead atoms. The van der Waals surface area contributed by atoms with E-state index in [0.29, 0.717) is 21.9 Å². The Morgan fingerprint density at radius 2 is 2.00 bits per heavy atom. The van der Waals surface area contributed by atoms with Crippen LogP contribution in [0, 0.1) is 6.92 Å². The van der Waals surface area contributed by atoms with Crippen LogP contribution < -0.4 is 4.74 Å². The van der Waals surface area contributed by atoms with Gasteiger partial charge in [-0.2, -0.15) is 0 Å². The zero-order valence-corrected chi connectivity index (χ0v) is 15.0. The zero-order chi connectivity index (χ0) is 17.0. The molecule has 0 atom stereocenters. The first-order valence-corrected chi connectivity index (χ1v) is 8.43. The van der Waals surface area contributed by atoms with Crippen molar-refractivity contribution in [1.82, 2.24) is 4.98 Å². The number of nitrogens with zero attached hydrogens (tertiary/aromatic N) is 1. The van der Waals surface area contributed by atoms with E-state index in [0.717, 1.165) is 21.9 Å². The van der Waals surface area contributed by atoms with Gasteiger partial charge in [-0.1, -0.05) is 18.5 Å². The molecule has 0 saturated heterocycles. The SMILES string of the molecule is CCSc1cc(OC)c(-c2cc(C)ncc2C(=O)OC)cc1Cl. The van der Waals surface area contributed by atoms with Gasteiger partial charge >= 0.3 is 5.97 Å². The Kier molecular flexibility index (Phi) is 5.91. The number of ether oxygens (including phenoxy) is 2. The maximum Gasteiger partial charge on any atom is 0.340 e. The van der Waals surface area contributed by atoms with Crippen LogP contribution in [0.1, 0.15) is 23.0 Å².